The van der Waals surface area contributed by atoms with Crippen molar-refractivity contribution in [3.63, 3.8) is 0 Å². The second kappa shape index (κ2) is 8.63. The first-order chi connectivity index (χ1) is 6.27. The van der Waals surface area contributed by atoms with Gasteiger partial charge in [-0.05, 0) is 12.0 Å². The topological polar surface area (TPSA) is 110 Å². The molecule has 0 spiro atoms. The van der Waals surface area contributed by atoms with Crippen molar-refractivity contribution in [3.8, 4) is 0 Å². The van der Waals surface area contributed by atoms with Crippen molar-refractivity contribution in [1.82, 2.24) is 0 Å². The Labute approximate surface area is 75.4 Å². The molecular formula is C6H12N4O3. The summed E-state index contributed by atoms with van der Waals surface area (Å²) < 4.78 is 9.42. The summed E-state index contributed by atoms with van der Waals surface area (Å²) in [5, 5.41) is 3.31. The van der Waals surface area contributed by atoms with Gasteiger partial charge in [-0.3, -0.25) is 0 Å². The predicted molar refractivity (Wildman–Crippen MR) is 45.0 cm³/mol. The fourth-order valence-electron chi connectivity index (χ4n) is 0.585. The monoisotopic (exact) mass is 188 g/mol. The van der Waals surface area contributed by atoms with E-state index in [1.807, 2.05) is 0 Å². The fourth-order valence-corrected chi connectivity index (χ4v) is 0.585. The fraction of sp³-hybridized carbons (Fsp3) is 0.833. The van der Waals surface area contributed by atoms with Crippen LogP contribution in [0.15, 0.2) is 5.11 Å². The van der Waals surface area contributed by atoms with E-state index in [0.717, 1.165) is 0 Å². The maximum Gasteiger partial charge on any atom is 0.404 e. The number of hydrogen-bond acceptors (Lipinski definition) is 4. The molecule has 0 rings (SSSR count). The summed E-state index contributed by atoms with van der Waals surface area (Å²) >= 11 is 0. The van der Waals surface area contributed by atoms with Gasteiger partial charge < -0.3 is 15.2 Å². The van der Waals surface area contributed by atoms with E-state index in [1.54, 1.807) is 0 Å². The van der Waals surface area contributed by atoms with Crippen molar-refractivity contribution < 1.29 is 14.3 Å². The van der Waals surface area contributed by atoms with Gasteiger partial charge in [0.25, 0.3) is 0 Å². The molecule has 0 saturated heterocycles. The quantitative estimate of drug-likeness (QED) is 0.276. The second-order valence-electron chi connectivity index (χ2n) is 2.09. The minimum absolute atomic E-state index is 0.150. The molecule has 0 unspecified atom stereocenters. The SMILES string of the molecule is [N-]=[N+]=NCCCOCCOC(N)=O. The van der Waals surface area contributed by atoms with Gasteiger partial charge >= 0.3 is 6.09 Å². The molecule has 0 atom stereocenters. The predicted octanol–water partition coefficient (Wildman–Crippen LogP) is 0.799. The number of amides is 1. The second-order valence-corrected chi connectivity index (χ2v) is 2.09. The summed E-state index contributed by atoms with van der Waals surface area (Å²) in [5.74, 6) is 0. The van der Waals surface area contributed by atoms with E-state index < -0.39 is 6.09 Å². The van der Waals surface area contributed by atoms with Gasteiger partial charge in [0.15, 0.2) is 0 Å². The molecule has 0 aliphatic heterocycles. The Morgan fingerprint density at radius 1 is 1.46 bits per heavy atom. The van der Waals surface area contributed by atoms with Crippen molar-refractivity contribution in [2.24, 2.45) is 10.8 Å². The Morgan fingerprint density at radius 2 is 2.23 bits per heavy atom. The van der Waals surface area contributed by atoms with E-state index in [1.165, 1.54) is 0 Å². The van der Waals surface area contributed by atoms with Crippen LogP contribution in [0.4, 0.5) is 4.79 Å². The average molecular weight is 188 g/mol. The Hall–Kier alpha value is -1.46. The van der Waals surface area contributed by atoms with Crippen molar-refractivity contribution in [2.75, 3.05) is 26.4 Å². The highest BCUT2D eigenvalue weighted by atomic mass is 16.6. The molecule has 13 heavy (non-hydrogen) atoms. The van der Waals surface area contributed by atoms with Crippen LogP contribution in [0.3, 0.4) is 0 Å². The summed E-state index contributed by atoms with van der Waals surface area (Å²) in [7, 11) is 0. The maximum absolute atomic E-state index is 10.1. The van der Waals surface area contributed by atoms with Gasteiger partial charge in [-0.2, -0.15) is 0 Å². The van der Waals surface area contributed by atoms with Crippen LogP contribution in [-0.2, 0) is 9.47 Å². The molecule has 0 aromatic carbocycles. The van der Waals surface area contributed by atoms with Gasteiger partial charge in [-0.15, -0.1) is 0 Å². The highest BCUT2D eigenvalue weighted by molar-refractivity contribution is 5.64. The highest BCUT2D eigenvalue weighted by Gasteiger charge is 1.92. The van der Waals surface area contributed by atoms with Gasteiger partial charge in [0.05, 0.1) is 6.61 Å². The van der Waals surface area contributed by atoms with E-state index in [-0.39, 0.29) is 6.61 Å². The third-order valence-corrected chi connectivity index (χ3v) is 1.08. The van der Waals surface area contributed by atoms with Crippen LogP contribution >= 0.6 is 0 Å². The van der Waals surface area contributed by atoms with Crippen LogP contribution < -0.4 is 5.73 Å². The lowest BCUT2D eigenvalue weighted by Crippen LogP contribution is -2.16. The minimum Gasteiger partial charge on any atom is -0.447 e. The number of nitrogens with zero attached hydrogens (tertiary/aromatic N) is 3. The van der Waals surface area contributed by atoms with Gasteiger partial charge in [-0.1, -0.05) is 5.11 Å². The lowest BCUT2D eigenvalue weighted by atomic mass is 10.5. The number of rotatable bonds is 7. The standard InChI is InChI=1S/C6H12N4O3/c7-6(11)13-5-4-12-3-1-2-9-10-8/h1-5H2,(H2,7,11). The number of azide groups is 1. The molecule has 0 saturated carbocycles. The van der Waals surface area contributed by atoms with Crippen molar-refractivity contribution in [2.45, 2.75) is 6.42 Å². The van der Waals surface area contributed by atoms with E-state index in [9.17, 15) is 4.79 Å². The number of carbonyl (C=O) groups excluding carboxylic acids is 1. The largest absolute Gasteiger partial charge is 0.447 e. The van der Waals surface area contributed by atoms with Crippen LogP contribution in [0.25, 0.3) is 10.4 Å². The molecular weight excluding hydrogens is 176 g/mol. The molecule has 0 aliphatic rings. The molecule has 2 N–H and O–H groups in total. The molecule has 0 aromatic heterocycles. The first-order valence-corrected chi connectivity index (χ1v) is 3.78. The molecule has 0 bridgehead atoms. The highest BCUT2D eigenvalue weighted by Crippen LogP contribution is 1.85. The molecule has 7 heteroatoms. The third-order valence-electron chi connectivity index (χ3n) is 1.08. The number of primary amides is 1. The first kappa shape index (κ1) is 11.5. The van der Waals surface area contributed by atoms with Crippen molar-refractivity contribution in [3.05, 3.63) is 10.4 Å². The van der Waals surface area contributed by atoms with E-state index in [0.29, 0.717) is 26.2 Å². The van der Waals surface area contributed by atoms with E-state index in [2.05, 4.69) is 14.8 Å². The zero-order valence-electron chi connectivity index (χ0n) is 7.18. The Kier molecular flexibility index (Phi) is 7.67. The van der Waals surface area contributed by atoms with Gasteiger partial charge in [0, 0.05) is 18.1 Å². The molecule has 0 fully saturated rings. The summed E-state index contributed by atoms with van der Waals surface area (Å²) in [6, 6.07) is 0. The molecule has 0 heterocycles. The van der Waals surface area contributed by atoms with Gasteiger partial charge in [0.2, 0.25) is 0 Å². The van der Waals surface area contributed by atoms with Crippen LogP contribution in [0.5, 0.6) is 0 Å². The summed E-state index contributed by atoms with van der Waals surface area (Å²) in [6.07, 6.45) is -0.154. The van der Waals surface area contributed by atoms with Crippen LogP contribution in [0.2, 0.25) is 0 Å². The normalized spacial score (nSPS) is 8.92. The van der Waals surface area contributed by atoms with Gasteiger partial charge in [-0.25, -0.2) is 4.79 Å². The van der Waals surface area contributed by atoms with E-state index in [4.69, 9.17) is 16.0 Å². The third kappa shape index (κ3) is 10.5. The smallest absolute Gasteiger partial charge is 0.404 e. The molecule has 0 radical (unpaired) electrons. The zero-order valence-corrected chi connectivity index (χ0v) is 7.18. The molecule has 0 aliphatic carbocycles. The van der Waals surface area contributed by atoms with Crippen LogP contribution in [0, 0.1) is 0 Å². The van der Waals surface area contributed by atoms with Gasteiger partial charge in [0.1, 0.15) is 6.61 Å². The summed E-state index contributed by atoms with van der Waals surface area (Å²) in [6.45, 7) is 1.34. The Bertz CT molecular complexity index is 184. The first-order valence-electron chi connectivity index (χ1n) is 3.78. The Morgan fingerprint density at radius 3 is 2.85 bits per heavy atom. The van der Waals surface area contributed by atoms with Crippen LogP contribution in [-0.4, -0.2) is 32.5 Å². The average Bonchev–Trinajstić information content (AvgIpc) is 2.09. The minimum atomic E-state index is -0.808. The molecule has 1 amide bonds. The molecule has 7 nitrogen and oxygen atoms in total. The lowest BCUT2D eigenvalue weighted by molar-refractivity contribution is 0.0761. The lowest BCUT2D eigenvalue weighted by Gasteiger charge is -2.02. The molecule has 0 aromatic rings. The summed E-state index contributed by atoms with van der Waals surface area (Å²) in [4.78, 5) is 12.6. The Balaban J connectivity index is 2.99. The van der Waals surface area contributed by atoms with E-state index >= 15 is 0 Å². The number of nitrogens with two attached hydrogens (primary N) is 1. The van der Waals surface area contributed by atoms with Crippen molar-refractivity contribution in [1.29, 1.82) is 0 Å². The molecule has 74 valence electrons. The number of hydrogen-bond donors (Lipinski definition) is 1. The maximum atomic E-state index is 10.1. The van der Waals surface area contributed by atoms with Crippen LogP contribution in [0.1, 0.15) is 6.42 Å². The zero-order chi connectivity index (χ0) is 9.94. The number of carbonyl (C=O) groups is 1. The summed E-state index contributed by atoms with van der Waals surface area (Å²) in [5.41, 5.74) is 12.6. The van der Waals surface area contributed by atoms with Crippen molar-refractivity contribution >= 4 is 6.09 Å². The number of ether oxygens (including phenoxy) is 2.